The summed E-state index contributed by atoms with van der Waals surface area (Å²) in [5.74, 6) is 0.682. The van der Waals surface area contributed by atoms with Crippen LogP contribution in [-0.2, 0) is 9.22 Å². The molecule has 5 heteroatoms. The summed E-state index contributed by atoms with van der Waals surface area (Å²) in [4.78, 5) is 11.1. The fourth-order valence-electron chi connectivity index (χ4n) is 0.682. The quantitative estimate of drug-likeness (QED) is 0.671. The van der Waals surface area contributed by atoms with Gasteiger partial charge in [0, 0.05) is 0 Å². The molecule has 0 aromatic heterocycles. The van der Waals surface area contributed by atoms with Crippen molar-refractivity contribution >= 4 is 26.8 Å². The van der Waals surface area contributed by atoms with E-state index in [0.29, 0.717) is 6.42 Å². The van der Waals surface area contributed by atoms with Gasteiger partial charge in [-0.3, -0.25) is 4.79 Å². The van der Waals surface area contributed by atoms with Gasteiger partial charge in [-0.1, -0.05) is 0 Å². The summed E-state index contributed by atoms with van der Waals surface area (Å²) in [6, 6.07) is -0.424. The third-order valence-corrected chi connectivity index (χ3v) is 2.64. The highest BCUT2D eigenvalue weighted by Crippen LogP contribution is 2.00. The first-order valence-electron chi connectivity index (χ1n) is 4.03. The topological polar surface area (TPSA) is 52.3 Å². The molecule has 3 nitrogen and oxygen atoms in total. The minimum absolute atomic E-state index is 0.231. The third-order valence-electron chi connectivity index (χ3n) is 1.29. The maximum atomic E-state index is 11.1. The van der Waals surface area contributed by atoms with Crippen LogP contribution in [0.1, 0.15) is 6.42 Å². The van der Waals surface area contributed by atoms with Gasteiger partial charge in [0.15, 0.2) is 0 Å². The molecule has 0 spiro atoms. The second kappa shape index (κ2) is 6.51. The van der Waals surface area contributed by atoms with Gasteiger partial charge in [0.2, 0.25) is 9.04 Å². The van der Waals surface area contributed by atoms with Gasteiger partial charge in [-0.15, -0.1) is 0 Å². The Balaban J connectivity index is 3.61. The lowest BCUT2D eigenvalue weighted by molar-refractivity contribution is -0.136. The molecule has 0 aromatic rings. The Labute approximate surface area is 79.8 Å². The number of thioether (sulfide) groups is 1. The lowest BCUT2D eigenvalue weighted by Crippen LogP contribution is -2.35. The first kappa shape index (κ1) is 12.0. The fourth-order valence-corrected chi connectivity index (χ4v) is 1.81. The minimum atomic E-state index is -1.25. The lowest BCUT2D eigenvalue weighted by Gasteiger charge is -2.12. The molecule has 72 valence electrons. The van der Waals surface area contributed by atoms with E-state index in [0.717, 1.165) is 5.75 Å². The molecule has 0 aliphatic heterocycles. The second-order valence-electron chi connectivity index (χ2n) is 2.87. The molecule has 0 radical (unpaired) electrons. The Morgan fingerprint density at radius 1 is 1.67 bits per heavy atom. The fraction of sp³-hybridized carbons (Fsp3) is 0.857. The first-order valence-corrected chi connectivity index (χ1v) is 8.20. The number of hydrogen-bond acceptors (Lipinski definition) is 4. The smallest absolute Gasteiger partial charge is 0.309 e. The van der Waals surface area contributed by atoms with Gasteiger partial charge in [0.05, 0.1) is 0 Å². The van der Waals surface area contributed by atoms with Crippen LogP contribution in [0.3, 0.4) is 0 Å². The molecule has 0 saturated heterocycles. The zero-order valence-corrected chi connectivity index (χ0v) is 9.84. The van der Waals surface area contributed by atoms with E-state index in [1.807, 2.05) is 19.3 Å². The highest BCUT2D eigenvalue weighted by molar-refractivity contribution is 7.98. The number of carbonyl (C=O) groups is 1. The molecule has 0 amide bonds. The number of rotatable bonds is 5. The molecule has 0 heterocycles. The average Bonchev–Trinajstić information content (AvgIpc) is 1.98. The second-order valence-corrected chi connectivity index (χ2v) is 6.19. The molecule has 0 aliphatic rings. The molecule has 0 aromatic carbocycles. The van der Waals surface area contributed by atoms with E-state index in [-0.39, 0.29) is 5.97 Å². The normalized spacial score (nSPS) is 13.1. The predicted octanol–water partition coefficient (Wildman–Crippen LogP) is 0.593. The third kappa shape index (κ3) is 5.62. The van der Waals surface area contributed by atoms with Crippen molar-refractivity contribution in [2.75, 3.05) is 12.0 Å². The minimum Gasteiger partial charge on any atom is -0.521 e. The highest BCUT2D eigenvalue weighted by Gasteiger charge is 2.15. The predicted molar refractivity (Wildman–Crippen MR) is 55.9 cm³/mol. The van der Waals surface area contributed by atoms with Crippen molar-refractivity contribution in [3.8, 4) is 0 Å². The largest absolute Gasteiger partial charge is 0.521 e. The van der Waals surface area contributed by atoms with E-state index in [2.05, 4.69) is 0 Å². The van der Waals surface area contributed by atoms with Gasteiger partial charge in [0.1, 0.15) is 6.04 Å². The summed E-state index contributed by atoms with van der Waals surface area (Å²) in [6.07, 6.45) is 2.70. The summed E-state index contributed by atoms with van der Waals surface area (Å²) >= 11 is 1.69. The zero-order chi connectivity index (χ0) is 9.56. The highest BCUT2D eigenvalue weighted by atomic mass is 32.2. The monoisotopic (exact) mass is 207 g/mol. The van der Waals surface area contributed by atoms with Crippen LogP contribution < -0.4 is 5.73 Å². The average molecular weight is 207 g/mol. The van der Waals surface area contributed by atoms with Crippen molar-refractivity contribution in [3.05, 3.63) is 0 Å². The van der Waals surface area contributed by atoms with Crippen molar-refractivity contribution in [1.29, 1.82) is 0 Å². The molecular weight excluding hydrogens is 190 g/mol. The van der Waals surface area contributed by atoms with Crippen LogP contribution in [0.25, 0.3) is 0 Å². The SMILES string of the molecule is CSCC[C@H](N)C(=O)O[SiH](C)C. The van der Waals surface area contributed by atoms with Gasteiger partial charge in [-0.2, -0.15) is 11.8 Å². The van der Waals surface area contributed by atoms with Crippen LogP contribution in [0, 0.1) is 0 Å². The van der Waals surface area contributed by atoms with Crippen LogP contribution in [0.15, 0.2) is 0 Å². The zero-order valence-electron chi connectivity index (χ0n) is 7.87. The summed E-state index contributed by atoms with van der Waals surface area (Å²) < 4.78 is 5.07. The summed E-state index contributed by atoms with van der Waals surface area (Å²) in [5, 5.41) is 0. The Kier molecular flexibility index (Phi) is 6.50. The molecule has 0 aliphatic carbocycles. The maximum absolute atomic E-state index is 11.1. The Hall–Kier alpha value is -0.00312. The van der Waals surface area contributed by atoms with E-state index in [9.17, 15) is 4.79 Å². The molecule has 0 fully saturated rings. The van der Waals surface area contributed by atoms with Crippen LogP contribution in [0.4, 0.5) is 0 Å². The van der Waals surface area contributed by atoms with Crippen molar-refractivity contribution < 1.29 is 9.22 Å². The standard InChI is InChI=1S/C7H17NO2SSi/c1-11-5-4-6(8)7(9)10-12(2)3/h6,12H,4-5,8H2,1-3H3/t6-/m0/s1. The Morgan fingerprint density at radius 2 is 2.25 bits per heavy atom. The van der Waals surface area contributed by atoms with Gasteiger partial charge < -0.3 is 10.2 Å². The number of carbonyl (C=O) groups excluding carboxylic acids is 1. The van der Waals surface area contributed by atoms with Crippen LogP contribution in [0.5, 0.6) is 0 Å². The first-order chi connectivity index (χ1) is 5.57. The summed E-state index contributed by atoms with van der Waals surface area (Å²) in [7, 11) is -1.25. The van der Waals surface area contributed by atoms with Crippen molar-refractivity contribution in [2.24, 2.45) is 5.73 Å². The molecule has 0 saturated carbocycles. The molecule has 0 unspecified atom stereocenters. The molecule has 2 N–H and O–H groups in total. The van der Waals surface area contributed by atoms with E-state index in [4.69, 9.17) is 10.2 Å². The van der Waals surface area contributed by atoms with E-state index in [1.54, 1.807) is 11.8 Å². The maximum Gasteiger partial charge on any atom is 0.309 e. The summed E-state index contributed by atoms with van der Waals surface area (Å²) in [6.45, 7) is 3.92. The molecule has 12 heavy (non-hydrogen) atoms. The van der Waals surface area contributed by atoms with E-state index in [1.165, 1.54) is 0 Å². The van der Waals surface area contributed by atoms with Crippen molar-refractivity contribution in [3.63, 3.8) is 0 Å². The summed E-state index contributed by atoms with van der Waals surface area (Å²) in [5.41, 5.74) is 5.59. The van der Waals surface area contributed by atoms with Gasteiger partial charge in [-0.05, 0) is 31.5 Å². The Bertz CT molecular complexity index is 143. The van der Waals surface area contributed by atoms with Gasteiger partial charge >= 0.3 is 5.97 Å². The molecular formula is C7H17NO2SSi. The number of nitrogens with two attached hydrogens (primary N) is 1. The van der Waals surface area contributed by atoms with Crippen LogP contribution in [0.2, 0.25) is 13.1 Å². The molecule has 1 atom stereocenters. The van der Waals surface area contributed by atoms with Gasteiger partial charge in [0.25, 0.3) is 0 Å². The van der Waals surface area contributed by atoms with Crippen molar-refractivity contribution in [1.82, 2.24) is 0 Å². The molecule has 0 bridgehead atoms. The van der Waals surface area contributed by atoms with Crippen LogP contribution in [-0.4, -0.2) is 33.1 Å². The van der Waals surface area contributed by atoms with E-state index < -0.39 is 15.1 Å². The lowest BCUT2D eigenvalue weighted by atomic mass is 10.2. The van der Waals surface area contributed by atoms with Gasteiger partial charge in [-0.25, -0.2) is 0 Å². The van der Waals surface area contributed by atoms with Crippen LogP contribution >= 0.6 is 11.8 Å². The number of hydrogen-bond donors (Lipinski definition) is 1. The van der Waals surface area contributed by atoms with Crippen molar-refractivity contribution in [2.45, 2.75) is 25.6 Å². The Morgan fingerprint density at radius 3 is 2.67 bits per heavy atom. The molecule has 0 rings (SSSR count). The van der Waals surface area contributed by atoms with E-state index >= 15 is 0 Å².